The molecule has 0 heterocycles. The number of nitrogens with zero attached hydrogens (tertiary/aromatic N) is 1. The predicted molar refractivity (Wildman–Crippen MR) is 58.1 cm³/mol. The van der Waals surface area contributed by atoms with Crippen molar-refractivity contribution in [2.45, 2.75) is 0 Å². The van der Waals surface area contributed by atoms with Crippen molar-refractivity contribution in [2.24, 2.45) is 5.10 Å². The highest BCUT2D eigenvalue weighted by Gasteiger charge is 2.06. The van der Waals surface area contributed by atoms with E-state index in [4.69, 9.17) is 34.8 Å². The lowest BCUT2D eigenvalue weighted by atomic mass is 10.2. The number of hydrogen-bond donors (Lipinski definition) is 1. The second kappa shape index (κ2) is 4.70. The van der Waals surface area contributed by atoms with Crippen LogP contribution in [0.1, 0.15) is 5.56 Å². The number of hydrazone groups is 1. The maximum Gasteiger partial charge on any atom is 0.0695 e. The fraction of sp³-hybridized carbons (Fsp3) is 0.125. The molecule has 1 rings (SSSR count). The Morgan fingerprint density at radius 1 is 1.23 bits per heavy atom. The Labute approximate surface area is 91.5 Å². The minimum absolute atomic E-state index is 0.410. The molecule has 0 aliphatic carbocycles. The van der Waals surface area contributed by atoms with E-state index in [-0.39, 0.29) is 0 Å². The minimum atomic E-state index is 0.410. The number of benzene rings is 1. The van der Waals surface area contributed by atoms with Gasteiger partial charge in [0.2, 0.25) is 0 Å². The normalized spacial score (nSPS) is 10.8. The van der Waals surface area contributed by atoms with E-state index in [9.17, 15) is 0 Å². The van der Waals surface area contributed by atoms with Crippen molar-refractivity contribution >= 4 is 41.0 Å². The van der Waals surface area contributed by atoms with Gasteiger partial charge in [-0.1, -0.05) is 34.8 Å². The summed E-state index contributed by atoms with van der Waals surface area (Å²) in [5.41, 5.74) is 3.22. The van der Waals surface area contributed by atoms with Crippen LogP contribution in [0.25, 0.3) is 0 Å². The molecule has 0 atom stereocenters. The van der Waals surface area contributed by atoms with Gasteiger partial charge in [-0.15, -0.1) is 0 Å². The fourth-order valence-corrected chi connectivity index (χ4v) is 1.42. The first-order chi connectivity index (χ1) is 6.16. The largest absolute Gasteiger partial charge is 0.313 e. The lowest BCUT2D eigenvalue weighted by Crippen LogP contribution is -1.96. The van der Waals surface area contributed by atoms with Crippen molar-refractivity contribution in [2.75, 3.05) is 7.05 Å². The summed E-state index contributed by atoms with van der Waals surface area (Å²) in [7, 11) is 1.68. The molecule has 0 radical (unpaired) electrons. The Hall–Kier alpha value is -0.440. The molecule has 1 N–H and O–H groups in total. The predicted octanol–water partition coefficient (Wildman–Crippen LogP) is 3.20. The molecule has 5 heteroatoms. The zero-order valence-electron chi connectivity index (χ0n) is 6.81. The third-order valence-electron chi connectivity index (χ3n) is 1.40. The monoisotopic (exact) mass is 236 g/mol. The van der Waals surface area contributed by atoms with Crippen LogP contribution in [-0.4, -0.2) is 13.3 Å². The molecule has 0 aromatic heterocycles. The molecule has 0 saturated heterocycles. The molecule has 70 valence electrons. The van der Waals surface area contributed by atoms with Gasteiger partial charge < -0.3 is 5.43 Å². The highest BCUT2D eigenvalue weighted by atomic mass is 35.5. The first kappa shape index (κ1) is 10.6. The van der Waals surface area contributed by atoms with Gasteiger partial charge in [0.05, 0.1) is 21.3 Å². The summed E-state index contributed by atoms with van der Waals surface area (Å²) < 4.78 is 0. The van der Waals surface area contributed by atoms with Gasteiger partial charge in [-0.2, -0.15) is 5.10 Å². The zero-order valence-corrected chi connectivity index (χ0v) is 9.08. The van der Waals surface area contributed by atoms with Gasteiger partial charge in [0.25, 0.3) is 0 Å². The number of nitrogens with one attached hydrogen (secondary N) is 1. The third kappa shape index (κ3) is 2.50. The van der Waals surface area contributed by atoms with E-state index in [0.717, 1.165) is 0 Å². The van der Waals surface area contributed by atoms with Crippen LogP contribution in [0.4, 0.5) is 0 Å². The van der Waals surface area contributed by atoms with Crippen LogP contribution in [0.3, 0.4) is 0 Å². The van der Waals surface area contributed by atoms with E-state index in [1.165, 1.54) is 6.21 Å². The van der Waals surface area contributed by atoms with Crippen LogP contribution in [0.15, 0.2) is 17.2 Å². The average Bonchev–Trinajstić information content (AvgIpc) is 2.12. The van der Waals surface area contributed by atoms with E-state index in [1.807, 2.05) is 0 Å². The smallest absolute Gasteiger partial charge is 0.0695 e. The number of rotatable bonds is 2. The average molecular weight is 238 g/mol. The summed E-state index contributed by atoms with van der Waals surface area (Å²) in [6.07, 6.45) is 1.52. The zero-order chi connectivity index (χ0) is 9.84. The molecule has 0 amide bonds. The lowest BCUT2D eigenvalue weighted by molar-refractivity contribution is 0.908. The second-order valence-corrected chi connectivity index (χ2v) is 3.43. The summed E-state index contributed by atoms with van der Waals surface area (Å²) in [4.78, 5) is 0. The molecule has 0 bridgehead atoms. The number of halogens is 3. The van der Waals surface area contributed by atoms with Crippen LogP contribution in [0.5, 0.6) is 0 Å². The van der Waals surface area contributed by atoms with Crippen LogP contribution in [-0.2, 0) is 0 Å². The molecule has 13 heavy (non-hydrogen) atoms. The van der Waals surface area contributed by atoms with E-state index in [2.05, 4.69) is 10.5 Å². The minimum Gasteiger partial charge on any atom is -0.313 e. The standard InChI is InChI=1S/C8H7Cl3N2/c1-12-13-4-5-6(9)2-3-7(10)8(5)11/h2-4,12H,1H3/b13-4+. The van der Waals surface area contributed by atoms with Crippen LogP contribution < -0.4 is 5.43 Å². The molecular formula is C8H7Cl3N2. The maximum atomic E-state index is 5.90. The highest BCUT2D eigenvalue weighted by molar-refractivity contribution is 6.45. The topological polar surface area (TPSA) is 24.4 Å². The van der Waals surface area contributed by atoms with Gasteiger partial charge in [0.15, 0.2) is 0 Å². The van der Waals surface area contributed by atoms with Crippen LogP contribution in [0, 0.1) is 0 Å². The van der Waals surface area contributed by atoms with E-state index < -0.39 is 0 Å². The van der Waals surface area contributed by atoms with Gasteiger partial charge in [-0.3, -0.25) is 0 Å². The molecular weight excluding hydrogens is 230 g/mol. The Bertz CT molecular complexity index is 336. The van der Waals surface area contributed by atoms with Crippen LogP contribution >= 0.6 is 34.8 Å². The first-order valence-corrected chi connectivity index (χ1v) is 4.63. The van der Waals surface area contributed by atoms with Gasteiger partial charge in [-0.05, 0) is 12.1 Å². The van der Waals surface area contributed by atoms with Crippen molar-refractivity contribution in [3.8, 4) is 0 Å². The molecule has 1 aromatic rings. The van der Waals surface area contributed by atoms with Crippen molar-refractivity contribution in [3.05, 3.63) is 32.8 Å². The van der Waals surface area contributed by atoms with E-state index >= 15 is 0 Å². The molecule has 0 spiro atoms. The highest BCUT2D eigenvalue weighted by Crippen LogP contribution is 2.29. The first-order valence-electron chi connectivity index (χ1n) is 3.50. The molecule has 0 saturated carbocycles. The fourth-order valence-electron chi connectivity index (χ4n) is 0.790. The van der Waals surface area contributed by atoms with Crippen LogP contribution in [0.2, 0.25) is 15.1 Å². The SMILES string of the molecule is CN/N=C/c1c(Cl)ccc(Cl)c1Cl. The lowest BCUT2D eigenvalue weighted by Gasteiger charge is -2.02. The summed E-state index contributed by atoms with van der Waals surface area (Å²) in [6.45, 7) is 0. The van der Waals surface area contributed by atoms with E-state index in [0.29, 0.717) is 20.6 Å². The van der Waals surface area contributed by atoms with Gasteiger partial charge in [0.1, 0.15) is 0 Å². The molecule has 0 aliphatic rings. The third-order valence-corrected chi connectivity index (χ3v) is 2.55. The summed E-state index contributed by atoms with van der Waals surface area (Å²) >= 11 is 17.6. The molecule has 0 fully saturated rings. The Kier molecular flexibility index (Phi) is 3.85. The molecule has 2 nitrogen and oxygen atoms in total. The van der Waals surface area contributed by atoms with E-state index in [1.54, 1.807) is 19.2 Å². The van der Waals surface area contributed by atoms with Crippen molar-refractivity contribution in [1.29, 1.82) is 0 Å². The van der Waals surface area contributed by atoms with Crippen molar-refractivity contribution in [1.82, 2.24) is 5.43 Å². The molecule has 0 unspecified atom stereocenters. The van der Waals surface area contributed by atoms with Crippen molar-refractivity contribution < 1.29 is 0 Å². The number of hydrogen-bond acceptors (Lipinski definition) is 2. The quantitative estimate of drug-likeness (QED) is 0.477. The van der Waals surface area contributed by atoms with Crippen molar-refractivity contribution in [3.63, 3.8) is 0 Å². The van der Waals surface area contributed by atoms with Gasteiger partial charge in [-0.25, -0.2) is 0 Å². The molecule has 1 aromatic carbocycles. The Morgan fingerprint density at radius 3 is 2.46 bits per heavy atom. The Balaban J connectivity index is 3.17. The summed E-state index contributed by atoms with van der Waals surface area (Å²) in [6, 6.07) is 3.32. The van der Waals surface area contributed by atoms with Gasteiger partial charge in [0, 0.05) is 12.6 Å². The van der Waals surface area contributed by atoms with Gasteiger partial charge >= 0.3 is 0 Å². The Morgan fingerprint density at radius 2 is 1.85 bits per heavy atom. The maximum absolute atomic E-state index is 5.90. The second-order valence-electron chi connectivity index (χ2n) is 2.24. The molecule has 0 aliphatic heterocycles. The summed E-state index contributed by atoms with van der Waals surface area (Å²) in [5.74, 6) is 0. The summed E-state index contributed by atoms with van der Waals surface area (Å²) in [5, 5.41) is 5.20.